The van der Waals surface area contributed by atoms with E-state index in [0.29, 0.717) is 6.04 Å². The Hall–Kier alpha value is -0.940. The van der Waals surface area contributed by atoms with Gasteiger partial charge in [-0.3, -0.25) is 4.68 Å². The topological polar surface area (TPSA) is 52.0 Å². The molecule has 5 nitrogen and oxygen atoms in total. The van der Waals surface area contributed by atoms with Crippen molar-refractivity contribution in [1.82, 2.24) is 20.3 Å². The van der Waals surface area contributed by atoms with E-state index in [-0.39, 0.29) is 5.60 Å². The lowest BCUT2D eigenvalue weighted by Gasteiger charge is -2.39. The molecule has 1 aliphatic carbocycles. The first-order chi connectivity index (χ1) is 10.2. The van der Waals surface area contributed by atoms with E-state index in [1.165, 1.54) is 25.7 Å². The summed E-state index contributed by atoms with van der Waals surface area (Å²) >= 11 is 0. The first-order valence-electron chi connectivity index (χ1n) is 8.34. The van der Waals surface area contributed by atoms with Gasteiger partial charge in [-0.2, -0.15) is 0 Å². The maximum atomic E-state index is 6.08. The second-order valence-electron chi connectivity index (χ2n) is 6.28. The Kier molecular flexibility index (Phi) is 6.18. The summed E-state index contributed by atoms with van der Waals surface area (Å²) in [6.07, 6.45) is 11.5. The molecule has 21 heavy (non-hydrogen) atoms. The number of nitrogens with one attached hydrogen (secondary N) is 1. The number of hydrogen-bond acceptors (Lipinski definition) is 4. The van der Waals surface area contributed by atoms with Crippen LogP contribution in [0.15, 0.2) is 6.20 Å². The van der Waals surface area contributed by atoms with Gasteiger partial charge in [-0.05, 0) is 25.8 Å². The molecule has 1 unspecified atom stereocenters. The maximum absolute atomic E-state index is 6.08. The predicted octanol–water partition coefficient (Wildman–Crippen LogP) is 2.47. The highest BCUT2D eigenvalue weighted by molar-refractivity contribution is 5.03. The molecule has 2 rings (SSSR count). The molecule has 0 bridgehead atoms. The van der Waals surface area contributed by atoms with Crippen molar-refractivity contribution in [1.29, 1.82) is 0 Å². The second-order valence-corrected chi connectivity index (χ2v) is 6.28. The fourth-order valence-corrected chi connectivity index (χ4v) is 3.48. The second kappa shape index (κ2) is 7.90. The third-order valence-corrected chi connectivity index (χ3v) is 4.70. The van der Waals surface area contributed by atoms with Gasteiger partial charge in [0, 0.05) is 32.8 Å². The monoisotopic (exact) mass is 294 g/mol. The van der Waals surface area contributed by atoms with E-state index in [2.05, 4.69) is 22.6 Å². The normalized spacial score (nSPS) is 20.1. The van der Waals surface area contributed by atoms with E-state index >= 15 is 0 Å². The Morgan fingerprint density at radius 3 is 2.57 bits per heavy atom. The van der Waals surface area contributed by atoms with Crippen LogP contribution in [-0.4, -0.2) is 40.3 Å². The van der Waals surface area contributed by atoms with Crippen LogP contribution in [0.5, 0.6) is 0 Å². The van der Waals surface area contributed by atoms with Gasteiger partial charge < -0.3 is 10.1 Å². The van der Waals surface area contributed by atoms with Gasteiger partial charge in [-0.1, -0.05) is 37.8 Å². The van der Waals surface area contributed by atoms with E-state index in [4.69, 9.17) is 4.74 Å². The zero-order chi connectivity index (χ0) is 15.1. The maximum Gasteiger partial charge on any atom is 0.0843 e. The van der Waals surface area contributed by atoms with E-state index in [1.54, 1.807) is 4.68 Å². The molecule has 0 aliphatic heterocycles. The third kappa shape index (κ3) is 4.27. The number of aromatic nitrogens is 3. The number of methoxy groups -OCH3 is 1. The quantitative estimate of drug-likeness (QED) is 0.785. The van der Waals surface area contributed by atoms with E-state index in [0.717, 1.165) is 37.9 Å². The molecule has 1 aromatic heterocycles. The number of aryl methyl sites for hydroxylation is 1. The van der Waals surface area contributed by atoms with Crippen LogP contribution in [0.2, 0.25) is 0 Å². The number of nitrogens with zero attached hydrogens (tertiary/aromatic N) is 3. The molecule has 0 aromatic carbocycles. The molecule has 1 saturated carbocycles. The van der Waals surface area contributed by atoms with E-state index < -0.39 is 0 Å². The molecule has 1 atom stereocenters. The molecular formula is C16H30N4O. The molecular weight excluding hydrogens is 264 g/mol. The van der Waals surface area contributed by atoms with Gasteiger partial charge in [0.05, 0.1) is 11.3 Å². The van der Waals surface area contributed by atoms with Crippen molar-refractivity contribution >= 4 is 0 Å². The average molecular weight is 294 g/mol. The summed E-state index contributed by atoms with van der Waals surface area (Å²) in [7, 11) is 3.80. The van der Waals surface area contributed by atoms with Gasteiger partial charge in [0.25, 0.3) is 0 Å². The van der Waals surface area contributed by atoms with Crippen molar-refractivity contribution < 1.29 is 4.74 Å². The fourth-order valence-electron chi connectivity index (χ4n) is 3.48. The summed E-state index contributed by atoms with van der Waals surface area (Å²) in [4.78, 5) is 0. The Labute approximate surface area is 128 Å². The van der Waals surface area contributed by atoms with E-state index in [9.17, 15) is 0 Å². The predicted molar refractivity (Wildman–Crippen MR) is 84.2 cm³/mol. The Bertz CT molecular complexity index is 410. The van der Waals surface area contributed by atoms with Crippen molar-refractivity contribution in [3.63, 3.8) is 0 Å². The molecule has 1 heterocycles. The lowest BCUT2D eigenvalue weighted by molar-refractivity contribution is -0.0528. The first-order valence-corrected chi connectivity index (χ1v) is 8.34. The highest BCUT2D eigenvalue weighted by Crippen LogP contribution is 2.34. The fraction of sp³-hybridized carbons (Fsp3) is 0.875. The minimum atomic E-state index is -0.0524. The van der Waals surface area contributed by atoms with Crippen molar-refractivity contribution in [2.24, 2.45) is 7.05 Å². The van der Waals surface area contributed by atoms with E-state index in [1.807, 2.05) is 20.4 Å². The van der Waals surface area contributed by atoms with Gasteiger partial charge in [0.15, 0.2) is 0 Å². The van der Waals surface area contributed by atoms with Crippen LogP contribution in [0.25, 0.3) is 0 Å². The summed E-state index contributed by atoms with van der Waals surface area (Å²) in [5.41, 5.74) is 0.996. The molecule has 0 amide bonds. The molecule has 120 valence electrons. The summed E-state index contributed by atoms with van der Waals surface area (Å²) in [6.45, 7) is 3.23. The third-order valence-electron chi connectivity index (χ3n) is 4.70. The van der Waals surface area contributed by atoms with Crippen molar-refractivity contribution in [2.75, 3.05) is 13.7 Å². The summed E-state index contributed by atoms with van der Waals surface area (Å²) in [5.74, 6) is 0. The molecule has 1 aromatic rings. The lowest BCUT2D eigenvalue weighted by Crippen LogP contribution is -2.53. The van der Waals surface area contributed by atoms with Gasteiger partial charge in [0.2, 0.25) is 0 Å². The number of rotatable bonds is 7. The average Bonchev–Trinajstić information content (AvgIpc) is 2.76. The van der Waals surface area contributed by atoms with Crippen LogP contribution < -0.4 is 5.32 Å². The zero-order valence-corrected chi connectivity index (χ0v) is 13.8. The van der Waals surface area contributed by atoms with Crippen LogP contribution in [0, 0.1) is 0 Å². The SMILES string of the molecule is CCCNC(Cc1cn(C)nn1)C1(OC)CCCCCC1. The molecule has 1 N–H and O–H groups in total. The number of hydrogen-bond donors (Lipinski definition) is 1. The zero-order valence-electron chi connectivity index (χ0n) is 13.8. The molecule has 0 saturated heterocycles. The Morgan fingerprint density at radius 1 is 1.33 bits per heavy atom. The minimum Gasteiger partial charge on any atom is -0.377 e. The van der Waals surface area contributed by atoms with Crippen molar-refractivity contribution in [3.8, 4) is 0 Å². The first kappa shape index (κ1) is 16.4. The number of ether oxygens (including phenoxy) is 1. The molecule has 0 radical (unpaired) electrons. The van der Waals surface area contributed by atoms with Crippen LogP contribution >= 0.6 is 0 Å². The Morgan fingerprint density at radius 2 is 2.05 bits per heavy atom. The molecule has 1 aliphatic rings. The van der Waals surface area contributed by atoms with Gasteiger partial charge in [-0.15, -0.1) is 5.10 Å². The van der Waals surface area contributed by atoms with Crippen LogP contribution in [0.3, 0.4) is 0 Å². The highest BCUT2D eigenvalue weighted by atomic mass is 16.5. The molecule has 1 fully saturated rings. The largest absolute Gasteiger partial charge is 0.377 e. The van der Waals surface area contributed by atoms with Gasteiger partial charge >= 0.3 is 0 Å². The van der Waals surface area contributed by atoms with Crippen molar-refractivity contribution in [3.05, 3.63) is 11.9 Å². The van der Waals surface area contributed by atoms with Crippen LogP contribution in [0.1, 0.15) is 57.6 Å². The smallest absolute Gasteiger partial charge is 0.0843 e. The minimum absolute atomic E-state index is 0.0524. The summed E-state index contributed by atoms with van der Waals surface area (Å²) in [6, 6.07) is 0.317. The Balaban J connectivity index is 2.14. The molecule has 0 spiro atoms. The lowest BCUT2D eigenvalue weighted by atomic mass is 9.83. The standard InChI is InChI=1S/C16H30N4O/c1-4-11-17-15(12-14-13-20(2)19-18-14)16(21-3)9-7-5-6-8-10-16/h13,15,17H,4-12H2,1-3H3. The van der Waals surface area contributed by atoms with Crippen molar-refractivity contribution in [2.45, 2.75) is 69.9 Å². The van der Waals surface area contributed by atoms with Crippen LogP contribution in [0.4, 0.5) is 0 Å². The van der Waals surface area contributed by atoms with Gasteiger partial charge in [0.1, 0.15) is 0 Å². The summed E-state index contributed by atoms with van der Waals surface area (Å²) in [5, 5.41) is 12.0. The van der Waals surface area contributed by atoms with Gasteiger partial charge in [-0.25, -0.2) is 0 Å². The molecule has 5 heteroatoms. The van der Waals surface area contributed by atoms with Crippen LogP contribution in [-0.2, 0) is 18.2 Å². The summed E-state index contributed by atoms with van der Waals surface area (Å²) < 4.78 is 7.86. The highest BCUT2D eigenvalue weighted by Gasteiger charge is 2.39.